The highest BCUT2D eigenvalue weighted by Crippen LogP contribution is 2.20. The average molecular weight is 288 g/mol. The van der Waals surface area contributed by atoms with Crippen LogP contribution in [-0.2, 0) is 27.8 Å². The molecule has 112 valence electrons. The smallest absolute Gasteiger partial charge is 0.306 e. The number of benzene rings is 1. The van der Waals surface area contributed by atoms with E-state index in [2.05, 4.69) is 33.0 Å². The van der Waals surface area contributed by atoms with Crippen LogP contribution in [0.5, 0.6) is 0 Å². The van der Waals surface area contributed by atoms with E-state index in [-0.39, 0.29) is 24.7 Å². The molecule has 0 aliphatic heterocycles. The highest BCUT2D eigenvalue weighted by atomic mass is 16.5. The summed E-state index contributed by atoms with van der Waals surface area (Å²) in [4.78, 5) is 22.6. The maximum atomic E-state index is 11.6. The molecule has 0 saturated carbocycles. The second-order valence-corrected chi connectivity index (χ2v) is 4.96. The summed E-state index contributed by atoms with van der Waals surface area (Å²) in [7, 11) is 3.33. The third-order valence-corrected chi connectivity index (χ3v) is 3.48. The normalized spacial score (nSPS) is 10.6. The lowest BCUT2D eigenvalue weighted by atomic mass is 10.1. The first kappa shape index (κ1) is 15.1. The number of ether oxygens (including phenoxy) is 1. The van der Waals surface area contributed by atoms with E-state index in [1.165, 1.54) is 23.6 Å². The number of rotatable bonds is 6. The highest BCUT2D eigenvalue weighted by Gasteiger charge is 2.08. The highest BCUT2D eigenvalue weighted by molar-refractivity contribution is 5.84. The maximum Gasteiger partial charge on any atom is 0.306 e. The summed E-state index contributed by atoms with van der Waals surface area (Å²) < 4.78 is 6.59. The topological polar surface area (TPSA) is 60.3 Å². The second-order valence-electron chi connectivity index (χ2n) is 4.96. The maximum absolute atomic E-state index is 11.6. The van der Waals surface area contributed by atoms with Gasteiger partial charge in [0.15, 0.2) is 0 Å². The van der Waals surface area contributed by atoms with E-state index in [1.54, 1.807) is 0 Å². The lowest BCUT2D eigenvalue weighted by Gasteiger charge is -2.04. The molecule has 1 heterocycles. The van der Waals surface area contributed by atoms with Gasteiger partial charge in [0.1, 0.15) is 0 Å². The van der Waals surface area contributed by atoms with E-state index in [9.17, 15) is 9.59 Å². The Hall–Kier alpha value is -2.30. The number of esters is 1. The number of nitrogens with zero attached hydrogens (tertiary/aromatic N) is 1. The molecular weight excluding hydrogens is 268 g/mol. The Morgan fingerprint density at radius 2 is 2.00 bits per heavy atom. The van der Waals surface area contributed by atoms with E-state index < -0.39 is 0 Å². The number of methoxy groups -OCH3 is 1. The Labute approximate surface area is 123 Å². The second kappa shape index (κ2) is 6.92. The van der Waals surface area contributed by atoms with Crippen molar-refractivity contribution >= 4 is 22.8 Å². The molecule has 0 aliphatic rings. The van der Waals surface area contributed by atoms with Gasteiger partial charge in [-0.05, 0) is 18.1 Å². The Kier molecular flexibility index (Phi) is 4.98. The van der Waals surface area contributed by atoms with E-state index in [4.69, 9.17) is 0 Å². The molecule has 21 heavy (non-hydrogen) atoms. The minimum absolute atomic E-state index is 0.122. The summed E-state index contributed by atoms with van der Waals surface area (Å²) in [5.74, 6) is -0.486. The van der Waals surface area contributed by atoms with Gasteiger partial charge in [0, 0.05) is 37.1 Å². The lowest BCUT2D eigenvalue weighted by molar-refractivity contribution is -0.142. The van der Waals surface area contributed by atoms with Gasteiger partial charge < -0.3 is 14.6 Å². The third-order valence-electron chi connectivity index (χ3n) is 3.48. The van der Waals surface area contributed by atoms with Gasteiger partial charge in [0.25, 0.3) is 0 Å². The molecule has 1 N–H and O–H groups in total. The SMILES string of the molecule is COC(=O)CCC(=O)NCCc1cn(C)c2ccccc12. The number of amides is 1. The number of fused-ring (bicyclic) bond motifs is 1. The number of carbonyl (C=O) groups excluding carboxylic acids is 2. The summed E-state index contributed by atoms with van der Waals surface area (Å²) in [5, 5.41) is 4.04. The van der Waals surface area contributed by atoms with Crippen LogP contribution in [0.15, 0.2) is 30.5 Å². The fourth-order valence-corrected chi connectivity index (χ4v) is 2.37. The molecule has 1 aromatic carbocycles. The summed E-state index contributed by atoms with van der Waals surface area (Å²) in [6.45, 7) is 0.564. The molecule has 0 saturated heterocycles. The zero-order valence-corrected chi connectivity index (χ0v) is 12.4. The molecular formula is C16H20N2O3. The lowest BCUT2D eigenvalue weighted by Crippen LogP contribution is -2.26. The van der Waals surface area contributed by atoms with E-state index in [0.717, 1.165) is 6.42 Å². The summed E-state index contributed by atoms with van der Waals surface area (Å²) in [6.07, 6.45) is 3.15. The molecule has 0 radical (unpaired) electrons. The molecule has 0 spiro atoms. The molecule has 1 amide bonds. The number of hydrogen-bond acceptors (Lipinski definition) is 3. The average Bonchev–Trinajstić information content (AvgIpc) is 2.82. The molecule has 2 aromatic rings. The predicted octanol–water partition coefficient (Wildman–Crippen LogP) is 1.79. The first-order chi connectivity index (χ1) is 10.1. The van der Waals surface area contributed by atoms with Gasteiger partial charge in [-0.25, -0.2) is 0 Å². The summed E-state index contributed by atoms with van der Waals surface area (Å²) in [5.41, 5.74) is 2.39. The summed E-state index contributed by atoms with van der Waals surface area (Å²) in [6, 6.07) is 8.19. The van der Waals surface area contributed by atoms with Crippen LogP contribution in [0.3, 0.4) is 0 Å². The van der Waals surface area contributed by atoms with Gasteiger partial charge in [-0.15, -0.1) is 0 Å². The van der Waals surface area contributed by atoms with Gasteiger partial charge in [0.2, 0.25) is 5.91 Å². The van der Waals surface area contributed by atoms with Crippen molar-refractivity contribution in [2.24, 2.45) is 7.05 Å². The molecule has 0 fully saturated rings. The largest absolute Gasteiger partial charge is 0.469 e. The fourth-order valence-electron chi connectivity index (χ4n) is 2.37. The zero-order chi connectivity index (χ0) is 15.2. The fraction of sp³-hybridized carbons (Fsp3) is 0.375. The van der Waals surface area contributed by atoms with Gasteiger partial charge in [-0.1, -0.05) is 18.2 Å². The van der Waals surface area contributed by atoms with Crippen LogP contribution in [0, 0.1) is 0 Å². The number of aromatic nitrogens is 1. The predicted molar refractivity (Wildman–Crippen MR) is 80.9 cm³/mol. The van der Waals surface area contributed by atoms with Crippen molar-refractivity contribution in [1.82, 2.24) is 9.88 Å². The van der Waals surface area contributed by atoms with Crippen LogP contribution in [0.4, 0.5) is 0 Å². The summed E-state index contributed by atoms with van der Waals surface area (Å²) >= 11 is 0. The molecule has 5 nitrogen and oxygen atoms in total. The quantitative estimate of drug-likeness (QED) is 0.824. The number of aryl methyl sites for hydroxylation is 1. The van der Waals surface area contributed by atoms with Crippen molar-refractivity contribution < 1.29 is 14.3 Å². The van der Waals surface area contributed by atoms with Crippen LogP contribution in [0.1, 0.15) is 18.4 Å². The molecule has 0 atom stereocenters. The van der Waals surface area contributed by atoms with Crippen molar-refractivity contribution in [3.8, 4) is 0 Å². The minimum atomic E-state index is -0.362. The van der Waals surface area contributed by atoms with Gasteiger partial charge in [-0.3, -0.25) is 9.59 Å². The molecule has 5 heteroatoms. The Balaban J connectivity index is 1.85. The van der Waals surface area contributed by atoms with Crippen molar-refractivity contribution in [3.05, 3.63) is 36.0 Å². The van der Waals surface area contributed by atoms with Crippen LogP contribution in [0.25, 0.3) is 10.9 Å². The van der Waals surface area contributed by atoms with Crippen LogP contribution < -0.4 is 5.32 Å². The number of carbonyl (C=O) groups is 2. The first-order valence-electron chi connectivity index (χ1n) is 6.98. The van der Waals surface area contributed by atoms with Crippen molar-refractivity contribution in [2.45, 2.75) is 19.3 Å². The zero-order valence-electron chi connectivity index (χ0n) is 12.4. The van der Waals surface area contributed by atoms with E-state index in [1.807, 2.05) is 19.2 Å². The van der Waals surface area contributed by atoms with Crippen molar-refractivity contribution in [2.75, 3.05) is 13.7 Å². The van der Waals surface area contributed by atoms with E-state index in [0.29, 0.717) is 6.54 Å². The van der Waals surface area contributed by atoms with Gasteiger partial charge in [0.05, 0.1) is 13.5 Å². The molecule has 2 rings (SSSR count). The molecule has 0 bridgehead atoms. The van der Waals surface area contributed by atoms with Crippen LogP contribution in [0.2, 0.25) is 0 Å². The minimum Gasteiger partial charge on any atom is -0.469 e. The monoisotopic (exact) mass is 288 g/mol. The number of para-hydroxylation sites is 1. The first-order valence-corrected chi connectivity index (χ1v) is 6.98. The van der Waals surface area contributed by atoms with Crippen LogP contribution in [-0.4, -0.2) is 30.1 Å². The Morgan fingerprint density at radius 1 is 1.24 bits per heavy atom. The van der Waals surface area contributed by atoms with Crippen molar-refractivity contribution in [1.29, 1.82) is 0 Å². The third kappa shape index (κ3) is 3.84. The number of hydrogen-bond donors (Lipinski definition) is 1. The Bertz CT molecular complexity index is 646. The van der Waals surface area contributed by atoms with Crippen LogP contribution >= 0.6 is 0 Å². The van der Waals surface area contributed by atoms with Gasteiger partial charge in [-0.2, -0.15) is 0 Å². The van der Waals surface area contributed by atoms with Gasteiger partial charge >= 0.3 is 5.97 Å². The Morgan fingerprint density at radius 3 is 2.76 bits per heavy atom. The number of nitrogens with one attached hydrogen (secondary N) is 1. The standard InChI is InChI=1S/C16H20N2O3/c1-18-11-12(13-5-3-4-6-14(13)18)9-10-17-15(19)7-8-16(20)21-2/h3-6,11H,7-10H2,1-2H3,(H,17,19). The molecule has 1 aromatic heterocycles. The van der Waals surface area contributed by atoms with Crippen molar-refractivity contribution in [3.63, 3.8) is 0 Å². The van der Waals surface area contributed by atoms with E-state index >= 15 is 0 Å². The molecule has 0 unspecified atom stereocenters. The molecule has 0 aliphatic carbocycles.